The third-order valence-corrected chi connectivity index (χ3v) is 5.26. The van der Waals surface area contributed by atoms with Crippen molar-refractivity contribution in [2.75, 3.05) is 6.54 Å². The number of hydrogen-bond acceptors (Lipinski definition) is 3. The largest absolute Gasteiger partial charge is 0.489 e. The van der Waals surface area contributed by atoms with Crippen molar-refractivity contribution in [3.63, 3.8) is 0 Å². The number of amides is 1. The molecular weight excluding hydrogens is 378 g/mol. The van der Waals surface area contributed by atoms with Crippen molar-refractivity contribution in [3.05, 3.63) is 64.7 Å². The summed E-state index contributed by atoms with van der Waals surface area (Å²) in [5, 5.41) is 10.1. The van der Waals surface area contributed by atoms with Gasteiger partial charge in [-0.2, -0.15) is 0 Å². The number of carboxylic acids is 1. The van der Waals surface area contributed by atoms with Gasteiger partial charge in [0.05, 0.1) is 11.1 Å². The number of benzene rings is 2. The number of carbonyl (C=O) groups excluding carboxylic acids is 1. The number of nitrogens with zero attached hydrogens (tertiary/aromatic N) is 1. The molecule has 3 rings (SSSR count). The van der Waals surface area contributed by atoms with Gasteiger partial charge in [-0.25, -0.2) is 4.79 Å². The Hall–Kier alpha value is -2.53. The summed E-state index contributed by atoms with van der Waals surface area (Å²) >= 11 is 6.25. The minimum Gasteiger partial charge on any atom is -0.489 e. The first kappa shape index (κ1) is 20.2. The number of carboxylic acid groups (broad SMARTS) is 1. The maximum Gasteiger partial charge on any atom is 0.326 e. The summed E-state index contributed by atoms with van der Waals surface area (Å²) in [6.45, 7) is 4.17. The first-order valence-corrected chi connectivity index (χ1v) is 9.79. The van der Waals surface area contributed by atoms with Gasteiger partial charge in [0.15, 0.2) is 0 Å². The molecule has 2 aromatic rings. The van der Waals surface area contributed by atoms with Crippen molar-refractivity contribution in [1.29, 1.82) is 0 Å². The molecule has 6 heteroatoms. The lowest BCUT2D eigenvalue weighted by Gasteiger charge is -2.37. The summed E-state index contributed by atoms with van der Waals surface area (Å²) in [5.74, 6) is -0.681. The second-order valence-electron chi connectivity index (χ2n) is 7.30. The lowest BCUT2D eigenvalue weighted by molar-refractivity contribution is -0.143. The molecule has 148 valence electrons. The Morgan fingerprint density at radius 3 is 2.50 bits per heavy atom. The van der Waals surface area contributed by atoms with E-state index in [2.05, 4.69) is 0 Å². The van der Waals surface area contributed by atoms with Crippen LogP contribution >= 0.6 is 11.6 Å². The van der Waals surface area contributed by atoms with Crippen molar-refractivity contribution >= 4 is 23.5 Å². The van der Waals surface area contributed by atoms with Gasteiger partial charge in [0.25, 0.3) is 5.91 Å². The Kier molecular flexibility index (Phi) is 6.25. The maximum atomic E-state index is 13.0. The minimum atomic E-state index is -0.986. The van der Waals surface area contributed by atoms with E-state index in [-0.39, 0.29) is 17.9 Å². The predicted molar refractivity (Wildman–Crippen MR) is 108 cm³/mol. The van der Waals surface area contributed by atoms with Crippen molar-refractivity contribution in [3.8, 4) is 5.75 Å². The van der Waals surface area contributed by atoms with Crippen LogP contribution in [0.2, 0.25) is 5.02 Å². The van der Waals surface area contributed by atoms with Crippen LogP contribution in [0.1, 0.15) is 48.5 Å². The van der Waals surface area contributed by atoms with Crippen molar-refractivity contribution in [1.82, 2.24) is 4.90 Å². The van der Waals surface area contributed by atoms with Crippen LogP contribution in [0, 0.1) is 0 Å². The molecule has 28 heavy (non-hydrogen) atoms. The molecule has 0 bridgehead atoms. The number of rotatable bonds is 5. The number of hydrogen-bond donors (Lipinski definition) is 1. The molecule has 1 aliphatic heterocycles. The van der Waals surface area contributed by atoms with Crippen LogP contribution in [0.15, 0.2) is 48.5 Å². The van der Waals surface area contributed by atoms with E-state index < -0.39 is 12.0 Å². The van der Waals surface area contributed by atoms with Crippen LogP contribution < -0.4 is 4.74 Å². The second-order valence-corrected chi connectivity index (χ2v) is 7.70. The number of ether oxygens (including phenoxy) is 1. The van der Waals surface area contributed by atoms with Gasteiger partial charge in [-0.3, -0.25) is 4.79 Å². The smallest absolute Gasteiger partial charge is 0.326 e. The SMILES string of the molecule is CC(C)Oc1ccc(C(=O)N2CCC(c3ccccc3)CC2C(=O)O)cc1Cl. The zero-order valence-corrected chi connectivity index (χ0v) is 16.7. The van der Waals surface area contributed by atoms with Crippen molar-refractivity contribution in [2.45, 2.75) is 44.8 Å². The van der Waals surface area contributed by atoms with Gasteiger partial charge >= 0.3 is 5.97 Å². The standard InChI is InChI=1S/C22H24ClNO4/c1-14(2)28-20-9-8-17(12-18(20)23)21(25)24-11-10-16(13-19(24)22(26)27)15-6-4-3-5-7-15/h3-9,12,14,16,19H,10-11,13H2,1-2H3,(H,26,27). The highest BCUT2D eigenvalue weighted by atomic mass is 35.5. The average Bonchev–Trinajstić information content (AvgIpc) is 2.69. The van der Waals surface area contributed by atoms with E-state index in [0.717, 1.165) is 12.0 Å². The number of carbonyl (C=O) groups is 2. The van der Waals surface area contributed by atoms with E-state index in [4.69, 9.17) is 16.3 Å². The first-order chi connectivity index (χ1) is 13.4. The van der Waals surface area contributed by atoms with E-state index in [1.807, 2.05) is 44.2 Å². The lowest BCUT2D eigenvalue weighted by Crippen LogP contribution is -2.49. The van der Waals surface area contributed by atoms with E-state index >= 15 is 0 Å². The molecular formula is C22H24ClNO4. The Labute approximate surface area is 169 Å². The van der Waals surface area contributed by atoms with Crippen LogP contribution in [0.4, 0.5) is 0 Å². The van der Waals surface area contributed by atoms with E-state index in [9.17, 15) is 14.7 Å². The van der Waals surface area contributed by atoms with Crippen LogP contribution in [-0.2, 0) is 4.79 Å². The van der Waals surface area contributed by atoms with Gasteiger partial charge in [-0.1, -0.05) is 41.9 Å². The molecule has 0 saturated carbocycles. The summed E-state index contributed by atoms with van der Waals surface area (Å²) in [6.07, 6.45) is 1.09. The number of aliphatic carboxylic acids is 1. The predicted octanol–water partition coefficient (Wildman–Crippen LogP) is 4.60. The van der Waals surface area contributed by atoms with Gasteiger partial charge in [-0.15, -0.1) is 0 Å². The molecule has 0 aliphatic carbocycles. The summed E-state index contributed by atoms with van der Waals surface area (Å²) < 4.78 is 5.60. The molecule has 1 aliphatic rings. The second kappa shape index (κ2) is 8.65. The van der Waals surface area contributed by atoms with Crippen LogP contribution in [0.25, 0.3) is 0 Å². The maximum absolute atomic E-state index is 13.0. The first-order valence-electron chi connectivity index (χ1n) is 9.41. The molecule has 1 saturated heterocycles. The van der Waals surface area contributed by atoms with Gasteiger partial charge in [-0.05, 0) is 56.4 Å². The Balaban J connectivity index is 1.79. The third-order valence-electron chi connectivity index (χ3n) is 4.96. The molecule has 2 unspecified atom stereocenters. The number of likely N-dealkylation sites (tertiary alicyclic amines) is 1. The summed E-state index contributed by atoms with van der Waals surface area (Å²) in [6, 6.07) is 13.8. The average molecular weight is 402 g/mol. The van der Waals surface area contributed by atoms with Crippen LogP contribution in [0.5, 0.6) is 5.75 Å². The third kappa shape index (κ3) is 4.47. The molecule has 1 heterocycles. The molecule has 0 radical (unpaired) electrons. The highest BCUT2D eigenvalue weighted by Crippen LogP contribution is 2.33. The zero-order chi connectivity index (χ0) is 20.3. The monoisotopic (exact) mass is 401 g/mol. The highest BCUT2D eigenvalue weighted by Gasteiger charge is 2.37. The molecule has 0 aromatic heterocycles. The molecule has 2 aromatic carbocycles. The Morgan fingerprint density at radius 1 is 1.18 bits per heavy atom. The Morgan fingerprint density at radius 2 is 1.89 bits per heavy atom. The van der Waals surface area contributed by atoms with Crippen molar-refractivity contribution in [2.24, 2.45) is 0 Å². The fourth-order valence-electron chi connectivity index (χ4n) is 3.62. The topological polar surface area (TPSA) is 66.8 Å². The number of piperidine rings is 1. The molecule has 1 amide bonds. The van der Waals surface area contributed by atoms with E-state index in [0.29, 0.717) is 29.3 Å². The van der Waals surface area contributed by atoms with E-state index in [1.165, 1.54) is 4.90 Å². The number of halogens is 1. The van der Waals surface area contributed by atoms with Crippen LogP contribution in [0.3, 0.4) is 0 Å². The van der Waals surface area contributed by atoms with Crippen molar-refractivity contribution < 1.29 is 19.4 Å². The van der Waals surface area contributed by atoms with Gasteiger partial charge < -0.3 is 14.7 Å². The highest BCUT2D eigenvalue weighted by molar-refractivity contribution is 6.32. The zero-order valence-electron chi connectivity index (χ0n) is 16.0. The minimum absolute atomic E-state index is 0.0348. The Bertz CT molecular complexity index is 853. The van der Waals surface area contributed by atoms with Gasteiger partial charge in [0.2, 0.25) is 0 Å². The van der Waals surface area contributed by atoms with E-state index in [1.54, 1.807) is 18.2 Å². The fourth-order valence-corrected chi connectivity index (χ4v) is 3.84. The van der Waals surface area contributed by atoms with Gasteiger partial charge in [0.1, 0.15) is 11.8 Å². The quantitative estimate of drug-likeness (QED) is 0.795. The fraction of sp³-hybridized carbons (Fsp3) is 0.364. The molecule has 0 spiro atoms. The normalized spacial score (nSPS) is 19.5. The van der Waals surface area contributed by atoms with Gasteiger partial charge in [0, 0.05) is 12.1 Å². The molecule has 1 fully saturated rings. The van der Waals surface area contributed by atoms with Crippen LogP contribution in [-0.4, -0.2) is 40.6 Å². The summed E-state index contributed by atoms with van der Waals surface area (Å²) in [4.78, 5) is 26.3. The molecule has 2 atom stereocenters. The lowest BCUT2D eigenvalue weighted by atomic mass is 9.85. The molecule has 5 nitrogen and oxygen atoms in total. The molecule has 1 N–H and O–H groups in total. The summed E-state index contributed by atoms with van der Waals surface area (Å²) in [7, 11) is 0. The summed E-state index contributed by atoms with van der Waals surface area (Å²) in [5.41, 5.74) is 1.48.